The van der Waals surface area contributed by atoms with E-state index in [9.17, 15) is 13.2 Å². The Morgan fingerprint density at radius 3 is 2.36 bits per heavy atom. The third-order valence-electron chi connectivity index (χ3n) is 5.07. The first kappa shape index (κ1) is 21.0. The van der Waals surface area contributed by atoms with Gasteiger partial charge >= 0.3 is 0 Å². The molecule has 0 aliphatic carbocycles. The second-order valence-corrected chi connectivity index (χ2v) is 11.1. The molecule has 3 rings (SSSR count). The highest BCUT2D eigenvalue weighted by molar-refractivity contribution is 7.89. The van der Waals surface area contributed by atoms with Crippen molar-refractivity contribution in [2.24, 2.45) is 0 Å². The fraction of sp³-hybridized carbons (Fsp3) is 0.476. The maximum absolute atomic E-state index is 13.1. The van der Waals surface area contributed by atoms with E-state index in [1.54, 1.807) is 28.4 Å². The molecule has 0 unspecified atom stereocenters. The number of sulfonamides is 1. The van der Waals surface area contributed by atoms with Crippen LogP contribution in [0, 0.1) is 0 Å². The van der Waals surface area contributed by atoms with E-state index in [1.165, 1.54) is 4.31 Å². The smallest absolute Gasteiger partial charge is 0.243 e. The van der Waals surface area contributed by atoms with Gasteiger partial charge in [-0.2, -0.15) is 4.31 Å². The van der Waals surface area contributed by atoms with Gasteiger partial charge in [-0.15, -0.1) is 11.3 Å². The van der Waals surface area contributed by atoms with Crippen LogP contribution in [0.15, 0.2) is 46.7 Å². The summed E-state index contributed by atoms with van der Waals surface area (Å²) in [4.78, 5) is 15.7. The summed E-state index contributed by atoms with van der Waals surface area (Å²) >= 11 is 1.57. The highest BCUT2D eigenvalue weighted by atomic mass is 32.2. The fourth-order valence-corrected chi connectivity index (χ4v) is 5.50. The van der Waals surface area contributed by atoms with E-state index in [-0.39, 0.29) is 11.3 Å². The van der Waals surface area contributed by atoms with Gasteiger partial charge in [0, 0.05) is 31.1 Å². The SMILES string of the molecule is CC(C)(C)c1ccc(S(=O)(=O)N2CCCN(C(=O)Cc3cccs3)CC2)cc1. The molecule has 1 aliphatic heterocycles. The summed E-state index contributed by atoms with van der Waals surface area (Å²) < 4.78 is 27.6. The third kappa shape index (κ3) is 4.82. The van der Waals surface area contributed by atoms with Crippen molar-refractivity contribution in [3.05, 3.63) is 52.2 Å². The zero-order valence-corrected chi connectivity index (χ0v) is 18.4. The van der Waals surface area contributed by atoms with Gasteiger partial charge in [0.05, 0.1) is 11.3 Å². The molecule has 0 bridgehead atoms. The molecular weight excluding hydrogens is 392 g/mol. The number of nitrogens with zero attached hydrogens (tertiary/aromatic N) is 2. The predicted molar refractivity (Wildman–Crippen MR) is 113 cm³/mol. The molecule has 28 heavy (non-hydrogen) atoms. The fourth-order valence-electron chi connectivity index (χ4n) is 3.33. The Morgan fingerprint density at radius 2 is 1.75 bits per heavy atom. The summed E-state index contributed by atoms with van der Waals surface area (Å²) in [5.74, 6) is 0.0660. The predicted octanol–water partition coefficient (Wildman–Crippen LogP) is 3.51. The summed E-state index contributed by atoms with van der Waals surface area (Å²) in [6.07, 6.45) is 1.04. The second-order valence-electron chi connectivity index (χ2n) is 8.17. The highest BCUT2D eigenvalue weighted by Gasteiger charge is 2.28. The Kier molecular flexibility index (Phi) is 6.27. The molecule has 0 radical (unpaired) electrons. The molecule has 1 aromatic carbocycles. The Bertz CT molecular complexity index is 898. The van der Waals surface area contributed by atoms with Crippen molar-refractivity contribution in [1.82, 2.24) is 9.21 Å². The van der Waals surface area contributed by atoms with Crippen LogP contribution in [0.1, 0.15) is 37.6 Å². The quantitative estimate of drug-likeness (QED) is 0.761. The van der Waals surface area contributed by atoms with Gasteiger partial charge in [-0.05, 0) is 41.0 Å². The molecule has 1 fully saturated rings. The van der Waals surface area contributed by atoms with E-state index in [0.29, 0.717) is 43.9 Å². The number of thiophene rings is 1. The summed E-state index contributed by atoms with van der Waals surface area (Å²) in [7, 11) is -3.55. The lowest BCUT2D eigenvalue weighted by Gasteiger charge is -2.23. The van der Waals surface area contributed by atoms with E-state index >= 15 is 0 Å². The first-order chi connectivity index (χ1) is 13.2. The zero-order valence-electron chi connectivity index (χ0n) is 16.7. The van der Waals surface area contributed by atoms with E-state index < -0.39 is 10.0 Å². The van der Waals surface area contributed by atoms with Crippen LogP contribution in [-0.4, -0.2) is 49.7 Å². The number of benzene rings is 1. The minimum atomic E-state index is -3.55. The number of rotatable bonds is 4. The van der Waals surface area contributed by atoms with Crippen LogP contribution in [0.3, 0.4) is 0 Å². The molecule has 5 nitrogen and oxygen atoms in total. The molecule has 1 aliphatic rings. The normalized spacial score (nSPS) is 16.8. The standard InChI is InChI=1S/C21H28N2O3S2/c1-21(2,3)17-7-9-19(10-8-17)28(25,26)23-12-5-11-22(13-14-23)20(24)16-18-6-4-15-27-18/h4,6-10,15H,5,11-14,16H2,1-3H3. The average Bonchev–Trinajstić information content (AvgIpc) is 3.01. The van der Waals surface area contributed by atoms with E-state index in [4.69, 9.17) is 0 Å². The first-order valence-electron chi connectivity index (χ1n) is 9.59. The second kappa shape index (κ2) is 8.35. The van der Waals surface area contributed by atoms with Gasteiger partial charge in [0.15, 0.2) is 0 Å². The summed E-state index contributed by atoms with van der Waals surface area (Å²) in [6.45, 7) is 8.11. The highest BCUT2D eigenvalue weighted by Crippen LogP contribution is 2.25. The lowest BCUT2D eigenvalue weighted by atomic mass is 9.87. The van der Waals surface area contributed by atoms with Crippen LogP contribution in [0.4, 0.5) is 0 Å². The number of carbonyl (C=O) groups is 1. The van der Waals surface area contributed by atoms with Gasteiger partial charge in [-0.3, -0.25) is 4.79 Å². The van der Waals surface area contributed by atoms with Gasteiger partial charge < -0.3 is 4.90 Å². The maximum atomic E-state index is 13.1. The zero-order chi connectivity index (χ0) is 20.4. The lowest BCUT2D eigenvalue weighted by molar-refractivity contribution is -0.130. The molecule has 1 amide bonds. The van der Waals surface area contributed by atoms with Crippen LogP contribution in [-0.2, 0) is 26.7 Å². The van der Waals surface area contributed by atoms with Crippen molar-refractivity contribution in [2.75, 3.05) is 26.2 Å². The Morgan fingerprint density at radius 1 is 1.04 bits per heavy atom. The minimum Gasteiger partial charge on any atom is -0.341 e. The molecule has 1 saturated heterocycles. The van der Waals surface area contributed by atoms with Crippen molar-refractivity contribution in [3.63, 3.8) is 0 Å². The van der Waals surface area contributed by atoms with Crippen LogP contribution in [0.5, 0.6) is 0 Å². The van der Waals surface area contributed by atoms with Crippen LogP contribution in [0.25, 0.3) is 0 Å². The number of hydrogen-bond acceptors (Lipinski definition) is 4. The topological polar surface area (TPSA) is 57.7 Å². The van der Waals surface area contributed by atoms with Gasteiger partial charge in [-0.1, -0.05) is 39.0 Å². The van der Waals surface area contributed by atoms with E-state index in [2.05, 4.69) is 20.8 Å². The van der Waals surface area contributed by atoms with Crippen LogP contribution >= 0.6 is 11.3 Å². The molecular formula is C21H28N2O3S2. The lowest BCUT2D eigenvalue weighted by Crippen LogP contribution is -2.37. The number of carbonyl (C=O) groups excluding carboxylic acids is 1. The third-order valence-corrected chi connectivity index (χ3v) is 7.86. The largest absolute Gasteiger partial charge is 0.341 e. The molecule has 2 aromatic rings. The van der Waals surface area contributed by atoms with Crippen molar-refractivity contribution in [1.29, 1.82) is 0 Å². The average molecular weight is 421 g/mol. The van der Waals surface area contributed by atoms with Gasteiger partial charge in [0.25, 0.3) is 0 Å². The van der Waals surface area contributed by atoms with E-state index in [0.717, 1.165) is 10.4 Å². The first-order valence-corrected chi connectivity index (χ1v) is 11.9. The Balaban J connectivity index is 1.67. The molecule has 1 aromatic heterocycles. The summed E-state index contributed by atoms with van der Waals surface area (Å²) in [5.41, 5.74) is 1.08. The molecule has 0 spiro atoms. The molecule has 2 heterocycles. The molecule has 7 heteroatoms. The van der Waals surface area contributed by atoms with Crippen molar-refractivity contribution < 1.29 is 13.2 Å². The van der Waals surface area contributed by atoms with Crippen LogP contribution < -0.4 is 0 Å². The Labute approximate surface area is 172 Å². The number of amides is 1. The van der Waals surface area contributed by atoms with Crippen molar-refractivity contribution >= 4 is 27.3 Å². The van der Waals surface area contributed by atoms with Crippen molar-refractivity contribution in [2.45, 2.75) is 43.9 Å². The van der Waals surface area contributed by atoms with Crippen LogP contribution in [0.2, 0.25) is 0 Å². The molecule has 152 valence electrons. The maximum Gasteiger partial charge on any atom is 0.243 e. The van der Waals surface area contributed by atoms with Gasteiger partial charge in [0.2, 0.25) is 15.9 Å². The monoisotopic (exact) mass is 420 g/mol. The summed E-state index contributed by atoms with van der Waals surface area (Å²) in [6, 6.07) is 11.1. The number of hydrogen-bond donors (Lipinski definition) is 0. The molecule has 0 atom stereocenters. The minimum absolute atomic E-state index is 0.0195. The van der Waals surface area contributed by atoms with Gasteiger partial charge in [-0.25, -0.2) is 8.42 Å². The van der Waals surface area contributed by atoms with E-state index in [1.807, 2.05) is 29.6 Å². The summed E-state index contributed by atoms with van der Waals surface area (Å²) in [5, 5.41) is 1.96. The Hall–Kier alpha value is -1.70. The van der Waals surface area contributed by atoms with Crippen molar-refractivity contribution in [3.8, 4) is 0 Å². The molecule has 0 saturated carbocycles. The molecule has 0 N–H and O–H groups in total. The van der Waals surface area contributed by atoms with Gasteiger partial charge in [0.1, 0.15) is 0 Å².